The highest BCUT2D eigenvalue weighted by molar-refractivity contribution is 7.99. The van der Waals surface area contributed by atoms with Crippen LogP contribution in [0.3, 0.4) is 0 Å². The number of non-ortho nitro benzene ring substituents is 1. The van der Waals surface area contributed by atoms with Crippen LogP contribution in [-0.4, -0.2) is 35.8 Å². The number of methoxy groups -OCH3 is 1. The van der Waals surface area contributed by atoms with E-state index in [1.807, 2.05) is 19.1 Å². The van der Waals surface area contributed by atoms with Crippen LogP contribution in [0.4, 0.5) is 11.4 Å². The highest BCUT2D eigenvalue weighted by atomic mass is 32.2. The van der Waals surface area contributed by atoms with Crippen molar-refractivity contribution in [2.45, 2.75) is 24.8 Å². The van der Waals surface area contributed by atoms with E-state index in [9.17, 15) is 19.7 Å². The molecular weight excluding hydrogens is 384 g/mol. The lowest BCUT2D eigenvalue weighted by atomic mass is 10.2. The summed E-state index contributed by atoms with van der Waals surface area (Å²) in [5.41, 5.74) is 0.291. The maximum atomic E-state index is 12.4. The van der Waals surface area contributed by atoms with E-state index in [4.69, 9.17) is 9.47 Å². The number of amides is 1. The number of nitrogens with zero attached hydrogens (tertiary/aromatic N) is 1. The van der Waals surface area contributed by atoms with Crippen LogP contribution in [0.15, 0.2) is 47.4 Å². The summed E-state index contributed by atoms with van der Waals surface area (Å²) in [6, 6.07) is 10.8. The van der Waals surface area contributed by atoms with Gasteiger partial charge in [-0.05, 0) is 30.9 Å². The van der Waals surface area contributed by atoms with Gasteiger partial charge in [0.2, 0.25) is 0 Å². The van der Waals surface area contributed by atoms with Crippen molar-refractivity contribution in [3.63, 3.8) is 0 Å². The summed E-state index contributed by atoms with van der Waals surface area (Å²) in [7, 11) is 1.38. The topological polar surface area (TPSA) is 108 Å². The van der Waals surface area contributed by atoms with Gasteiger partial charge in [-0.3, -0.25) is 14.9 Å². The lowest BCUT2D eigenvalue weighted by molar-refractivity contribution is -0.384. The predicted molar refractivity (Wildman–Crippen MR) is 106 cm³/mol. The average Bonchev–Trinajstić information content (AvgIpc) is 2.68. The zero-order valence-corrected chi connectivity index (χ0v) is 16.4. The summed E-state index contributed by atoms with van der Waals surface area (Å²) >= 11 is 1.50. The number of ether oxygens (including phenoxy) is 2. The molecule has 0 aliphatic carbocycles. The maximum absolute atomic E-state index is 12.4. The molecule has 0 aromatic heterocycles. The molecule has 0 spiro atoms. The lowest BCUT2D eigenvalue weighted by Gasteiger charge is -2.16. The quantitative estimate of drug-likeness (QED) is 0.308. The normalized spacial score (nSPS) is 11.4. The number of nitrogens with one attached hydrogen (secondary N) is 1. The number of nitro groups is 1. The molecule has 0 heterocycles. The number of nitro benzene ring substituents is 1. The Labute approximate surface area is 166 Å². The molecule has 28 heavy (non-hydrogen) atoms. The van der Waals surface area contributed by atoms with E-state index in [1.54, 1.807) is 12.1 Å². The van der Waals surface area contributed by atoms with E-state index in [0.29, 0.717) is 5.56 Å². The van der Waals surface area contributed by atoms with Crippen LogP contribution in [0.1, 0.15) is 24.2 Å². The van der Waals surface area contributed by atoms with Gasteiger partial charge in [0.25, 0.3) is 11.6 Å². The molecule has 1 N–H and O–H groups in total. The second-order valence-corrected chi connectivity index (χ2v) is 6.91. The minimum atomic E-state index is -1.11. The summed E-state index contributed by atoms with van der Waals surface area (Å²) in [5, 5.41) is 13.4. The van der Waals surface area contributed by atoms with Crippen molar-refractivity contribution in [1.82, 2.24) is 0 Å². The van der Waals surface area contributed by atoms with Gasteiger partial charge in [0.05, 0.1) is 23.3 Å². The molecule has 2 aromatic carbocycles. The van der Waals surface area contributed by atoms with Crippen LogP contribution in [0.5, 0.6) is 5.75 Å². The highest BCUT2D eigenvalue weighted by Gasteiger charge is 2.22. The standard InChI is InChI=1S/C19H20N2O6S/c1-4-28-17-8-6-5-7-14(17)19(23)27-12(2)18(22)20-15-11-13(21(24)25)9-10-16(15)26-3/h5-12H,4H2,1-3H3,(H,20,22)/t12-/m0/s1. The van der Waals surface area contributed by atoms with Gasteiger partial charge >= 0.3 is 5.97 Å². The molecule has 148 valence electrons. The van der Waals surface area contributed by atoms with E-state index in [-0.39, 0.29) is 17.1 Å². The van der Waals surface area contributed by atoms with E-state index < -0.39 is 22.9 Å². The highest BCUT2D eigenvalue weighted by Crippen LogP contribution is 2.29. The Morgan fingerprint density at radius 1 is 1.25 bits per heavy atom. The first-order valence-electron chi connectivity index (χ1n) is 8.43. The molecule has 1 atom stereocenters. The molecule has 8 nitrogen and oxygen atoms in total. The van der Waals surface area contributed by atoms with Gasteiger partial charge in [-0.2, -0.15) is 0 Å². The Kier molecular flexibility index (Phi) is 7.39. The van der Waals surface area contributed by atoms with Crippen LogP contribution in [0.2, 0.25) is 0 Å². The first kappa shape index (κ1) is 21.2. The largest absolute Gasteiger partial charge is 0.495 e. The van der Waals surface area contributed by atoms with E-state index in [2.05, 4.69) is 5.32 Å². The SMILES string of the molecule is CCSc1ccccc1C(=O)O[C@@H](C)C(=O)Nc1cc([N+](=O)[O-])ccc1OC. The summed E-state index contributed by atoms with van der Waals surface area (Å²) in [5.74, 6) is -0.215. The number of rotatable bonds is 8. The second kappa shape index (κ2) is 9.75. The third-order valence-electron chi connectivity index (χ3n) is 3.71. The summed E-state index contributed by atoms with van der Waals surface area (Å²) in [4.78, 5) is 36.0. The zero-order valence-electron chi connectivity index (χ0n) is 15.6. The minimum absolute atomic E-state index is 0.117. The second-order valence-electron chi connectivity index (χ2n) is 5.61. The number of carbonyl (C=O) groups is 2. The Morgan fingerprint density at radius 3 is 2.61 bits per heavy atom. The Bertz CT molecular complexity index is 886. The van der Waals surface area contributed by atoms with Gasteiger partial charge in [0.15, 0.2) is 6.10 Å². The van der Waals surface area contributed by atoms with E-state index in [1.165, 1.54) is 44.0 Å². The fourth-order valence-corrected chi connectivity index (χ4v) is 3.13. The lowest BCUT2D eigenvalue weighted by Crippen LogP contribution is -2.30. The molecule has 0 aliphatic rings. The number of hydrogen-bond donors (Lipinski definition) is 1. The van der Waals surface area contributed by atoms with Gasteiger partial charge < -0.3 is 14.8 Å². The van der Waals surface area contributed by atoms with Crippen LogP contribution < -0.4 is 10.1 Å². The van der Waals surface area contributed by atoms with Crippen molar-refractivity contribution in [2.24, 2.45) is 0 Å². The first-order chi connectivity index (χ1) is 13.4. The summed E-state index contributed by atoms with van der Waals surface area (Å²) in [6.45, 7) is 3.39. The molecule has 1 amide bonds. The number of carbonyl (C=O) groups excluding carboxylic acids is 2. The number of anilines is 1. The summed E-state index contributed by atoms with van der Waals surface area (Å²) in [6.07, 6.45) is -1.11. The van der Waals surface area contributed by atoms with Crippen molar-refractivity contribution in [1.29, 1.82) is 0 Å². The number of benzene rings is 2. The van der Waals surface area contributed by atoms with Gasteiger partial charge in [0, 0.05) is 17.0 Å². The van der Waals surface area contributed by atoms with Crippen LogP contribution in [-0.2, 0) is 9.53 Å². The molecule has 2 aromatic rings. The molecule has 0 fully saturated rings. The van der Waals surface area contributed by atoms with Crippen LogP contribution >= 0.6 is 11.8 Å². The third-order valence-corrected chi connectivity index (χ3v) is 4.67. The first-order valence-corrected chi connectivity index (χ1v) is 9.42. The fraction of sp³-hybridized carbons (Fsp3) is 0.263. The predicted octanol–water partition coefficient (Wildman–Crippen LogP) is 3.90. The monoisotopic (exact) mass is 404 g/mol. The number of esters is 1. The van der Waals surface area contributed by atoms with Gasteiger partial charge in [-0.15, -0.1) is 11.8 Å². The molecule has 0 radical (unpaired) electrons. The van der Waals surface area contributed by atoms with E-state index >= 15 is 0 Å². The molecule has 2 rings (SSSR count). The average molecular weight is 404 g/mol. The zero-order chi connectivity index (χ0) is 20.7. The van der Waals surface area contributed by atoms with Crippen molar-refractivity contribution in [3.05, 3.63) is 58.1 Å². The van der Waals surface area contributed by atoms with Crippen molar-refractivity contribution < 1.29 is 24.0 Å². The van der Waals surface area contributed by atoms with Crippen LogP contribution in [0.25, 0.3) is 0 Å². The van der Waals surface area contributed by atoms with Crippen molar-refractivity contribution >= 4 is 35.0 Å². The molecule has 0 aliphatic heterocycles. The minimum Gasteiger partial charge on any atom is -0.495 e. The van der Waals surface area contributed by atoms with Gasteiger partial charge in [-0.1, -0.05) is 19.1 Å². The van der Waals surface area contributed by atoms with Gasteiger partial charge in [-0.25, -0.2) is 4.79 Å². The van der Waals surface area contributed by atoms with E-state index in [0.717, 1.165) is 10.6 Å². The number of hydrogen-bond acceptors (Lipinski definition) is 7. The summed E-state index contributed by atoms with van der Waals surface area (Å²) < 4.78 is 10.4. The van der Waals surface area contributed by atoms with Crippen molar-refractivity contribution in [3.8, 4) is 5.75 Å². The van der Waals surface area contributed by atoms with Crippen LogP contribution in [0, 0.1) is 10.1 Å². The Hall–Kier alpha value is -3.07. The Morgan fingerprint density at radius 2 is 1.96 bits per heavy atom. The molecule has 0 unspecified atom stereocenters. The smallest absolute Gasteiger partial charge is 0.340 e. The molecule has 0 saturated heterocycles. The molecular formula is C19H20N2O6S. The molecule has 9 heteroatoms. The Balaban J connectivity index is 2.12. The molecule has 0 bridgehead atoms. The fourth-order valence-electron chi connectivity index (χ4n) is 2.34. The third kappa shape index (κ3) is 5.23. The van der Waals surface area contributed by atoms with Gasteiger partial charge in [0.1, 0.15) is 5.75 Å². The number of thioether (sulfide) groups is 1. The molecule has 0 saturated carbocycles. The maximum Gasteiger partial charge on any atom is 0.340 e. The van der Waals surface area contributed by atoms with Crippen molar-refractivity contribution in [2.75, 3.05) is 18.2 Å².